The molecule has 0 unspecified atom stereocenters. The number of fused-ring (bicyclic) bond motifs is 1. The number of hydrogen-bond donors (Lipinski definition) is 0. The molecule has 2 heterocycles. The first-order valence-electron chi connectivity index (χ1n) is 6.62. The predicted molar refractivity (Wildman–Crippen MR) is 89.0 cm³/mol. The number of furan rings is 1. The molecule has 2 aromatic heterocycles. The van der Waals surface area contributed by atoms with Gasteiger partial charge in [-0.3, -0.25) is 0 Å². The Hall–Kier alpha value is -1.13. The molecule has 0 saturated heterocycles. The number of aliphatic imine (C=N–C) groups is 1. The van der Waals surface area contributed by atoms with Gasteiger partial charge in [0.05, 0.1) is 11.8 Å². The summed E-state index contributed by atoms with van der Waals surface area (Å²) in [5.74, 6) is 0.724. The highest BCUT2D eigenvalue weighted by Crippen LogP contribution is 2.38. The fourth-order valence-electron chi connectivity index (χ4n) is 2.45. The van der Waals surface area contributed by atoms with Crippen molar-refractivity contribution in [3.05, 3.63) is 37.7 Å². The molecule has 20 heavy (non-hydrogen) atoms. The summed E-state index contributed by atoms with van der Waals surface area (Å²) in [5.41, 5.74) is 2.00. The maximum Gasteiger partial charge on any atom is 0.164 e. The number of aryl methyl sites for hydroxylation is 1. The van der Waals surface area contributed by atoms with Gasteiger partial charge in [-0.15, -0.1) is 11.3 Å². The second kappa shape index (κ2) is 6.10. The van der Waals surface area contributed by atoms with Gasteiger partial charge in [0.1, 0.15) is 16.8 Å². The predicted octanol–water partition coefficient (Wildman–Crippen LogP) is 4.84. The van der Waals surface area contributed by atoms with Crippen molar-refractivity contribution in [2.75, 3.05) is 0 Å². The van der Waals surface area contributed by atoms with Crippen molar-refractivity contribution in [2.24, 2.45) is 4.99 Å². The summed E-state index contributed by atoms with van der Waals surface area (Å²) in [7, 11) is 0. The zero-order valence-electron chi connectivity index (χ0n) is 10.9. The number of nitrogens with zero attached hydrogens (tertiary/aromatic N) is 2. The Morgan fingerprint density at radius 3 is 2.90 bits per heavy atom. The zero-order chi connectivity index (χ0) is 13.9. The van der Waals surface area contributed by atoms with Crippen molar-refractivity contribution < 1.29 is 4.42 Å². The lowest BCUT2D eigenvalue weighted by molar-refractivity contribution is 0.531. The van der Waals surface area contributed by atoms with Crippen LogP contribution in [0.1, 0.15) is 41.0 Å². The molecule has 0 fully saturated rings. The Bertz CT molecular complexity index is 693. The second-order valence-electron chi connectivity index (χ2n) is 4.76. The maximum absolute atomic E-state index is 9.41. The monoisotopic (exact) mass is 396 g/mol. The van der Waals surface area contributed by atoms with Crippen LogP contribution < -0.4 is 0 Å². The molecule has 5 heteroatoms. The van der Waals surface area contributed by atoms with Crippen LogP contribution in [0, 0.1) is 15.1 Å². The number of nitriles is 1. The first-order valence-corrected chi connectivity index (χ1v) is 8.51. The van der Waals surface area contributed by atoms with Gasteiger partial charge in [-0.25, -0.2) is 4.99 Å². The average molecular weight is 396 g/mol. The smallest absolute Gasteiger partial charge is 0.164 e. The SMILES string of the molecule is N#Cc1c(/N=C/c2ccc(I)o2)sc2c1CCCCC2. The Kier molecular flexibility index (Phi) is 4.22. The van der Waals surface area contributed by atoms with Crippen molar-refractivity contribution in [3.63, 3.8) is 0 Å². The average Bonchev–Trinajstić information content (AvgIpc) is 2.92. The zero-order valence-corrected chi connectivity index (χ0v) is 13.8. The van der Waals surface area contributed by atoms with Crippen LogP contribution in [0.5, 0.6) is 0 Å². The van der Waals surface area contributed by atoms with Crippen LogP contribution in [0.4, 0.5) is 5.00 Å². The Labute approximate surface area is 135 Å². The highest BCUT2D eigenvalue weighted by Gasteiger charge is 2.19. The molecule has 1 aliphatic rings. The number of halogens is 1. The van der Waals surface area contributed by atoms with Gasteiger partial charge in [-0.2, -0.15) is 5.26 Å². The van der Waals surface area contributed by atoms with Crippen LogP contribution in [0.3, 0.4) is 0 Å². The van der Waals surface area contributed by atoms with E-state index in [-0.39, 0.29) is 0 Å². The fourth-order valence-corrected chi connectivity index (χ4v) is 4.07. The van der Waals surface area contributed by atoms with Crippen molar-refractivity contribution in [3.8, 4) is 6.07 Å². The van der Waals surface area contributed by atoms with Crippen molar-refractivity contribution in [2.45, 2.75) is 32.1 Å². The van der Waals surface area contributed by atoms with Gasteiger partial charge in [0.25, 0.3) is 0 Å². The fraction of sp³-hybridized carbons (Fsp3) is 0.333. The van der Waals surface area contributed by atoms with Crippen molar-refractivity contribution in [1.29, 1.82) is 5.26 Å². The van der Waals surface area contributed by atoms with Crippen LogP contribution in [0.25, 0.3) is 0 Å². The van der Waals surface area contributed by atoms with E-state index in [0.29, 0.717) is 0 Å². The van der Waals surface area contributed by atoms with E-state index >= 15 is 0 Å². The lowest BCUT2D eigenvalue weighted by atomic mass is 10.1. The first kappa shape index (κ1) is 13.8. The van der Waals surface area contributed by atoms with Crippen molar-refractivity contribution >= 4 is 45.1 Å². The molecule has 0 saturated carbocycles. The molecule has 0 amide bonds. The van der Waals surface area contributed by atoms with E-state index in [9.17, 15) is 5.26 Å². The van der Waals surface area contributed by atoms with E-state index < -0.39 is 0 Å². The molecule has 3 nitrogen and oxygen atoms in total. The summed E-state index contributed by atoms with van der Waals surface area (Å²) in [5, 5.41) is 10.2. The molecular formula is C15H13IN2OS. The molecule has 0 aliphatic heterocycles. The number of rotatable bonds is 2. The highest BCUT2D eigenvalue weighted by atomic mass is 127. The summed E-state index contributed by atoms with van der Waals surface area (Å²) in [6.45, 7) is 0. The Morgan fingerprint density at radius 1 is 1.30 bits per heavy atom. The van der Waals surface area contributed by atoms with Crippen molar-refractivity contribution in [1.82, 2.24) is 0 Å². The van der Waals surface area contributed by atoms with E-state index in [1.807, 2.05) is 12.1 Å². The summed E-state index contributed by atoms with van der Waals surface area (Å²) in [6.07, 6.45) is 7.46. The third kappa shape index (κ3) is 2.81. The Balaban J connectivity index is 1.94. The molecule has 3 rings (SSSR count). The molecule has 1 aliphatic carbocycles. The van der Waals surface area contributed by atoms with E-state index in [2.05, 4.69) is 33.7 Å². The molecule has 0 N–H and O–H groups in total. The number of thiophene rings is 1. The van der Waals surface area contributed by atoms with Gasteiger partial charge >= 0.3 is 0 Å². The van der Waals surface area contributed by atoms with Crippen LogP contribution in [-0.4, -0.2) is 6.21 Å². The van der Waals surface area contributed by atoms with Crippen LogP contribution >= 0.6 is 33.9 Å². The summed E-state index contributed by atoms with van der Waals surface area (Å²) >= 11 is 3.79. The second-order valence-corrected chi connectivity index (χ2v) is 6.90. The van der Waals surface area contributed by atoms with Gasteiger partial charge in [-0.1, -0.05) is 6.42 Å². The number of hydrogen-bond acceptors (Lipinski definition) is 4. The lowest BCUT2D eigenvalue weighted by Crippen LogP contribution is -1.87. The molecular weight excluding hydrogens is 383 g/mol. The molecule has 102 valence electrons. The van der Waals surface area contributed by atoms with Gasteiger partial charge < -0.3 is 4.42 Å². The van der Waals surface area contributed by atoms with E-state index in [1.54, 1.807) is 17.6 Å². The van der Waals surface area contributed by atoms with Gasteiger partial charge in [0.2, 0.25) is 0 Å². The molecule has 0 bridgehead atoms. The molecule has 0 aromatic carbocycles. The van der Waals surface area contributed by atoms with E-state index in [4.69, 9.17) is 4.42 Å². The normalized spacial score (nSPS) is 15.0. The summed E-state index contributed by atoms with van der Waals surface area (Å²) in [4.78, 5) is 5.82. The largest absolute Gasteiger partial charge is 0.449 e. The Morgan fingerprint density at radius 2 is 2.15 bits per heavy atom. The lowest BCUT2D eigenvalue weighted by Gasteiger charge is -1.96. The summed E-state index contributed by atoms with van der Waals surface area (Å²) in [6, 6.07) is 6.12. The minimum Gasteiger partial charge on any atom is -0.449 e. The molecule has 0 spiro atoms. The minimum atomic E-state index is 0.724. The molecule has 2 aromatic rings. The van der Waals surface area contributed by atoms with E-state index in [1.165, 1.54) is 29.7 Å². The van der Waals surface area contributed by atoms with Gasteiger partial charge in [0.15, 0.2) is 3.77 Å². The first-order chi connectivity index (χ1) is 9.78. The third-order valence-electron chi connectivity index (χ3n) is 3.42. The third-order valence-corrected chi connectivity index (χ3v) is 5.20. The molecule has 0 radical (unpaired) electrons. The minimum absolute atomic E-state index is 0.724. The highest BCUT2D eigenvalue weighted by molar-refractivity contribution is 14.1. The summed E-state index contributed by atoms with van der Waals surface area (Å²) < 4.78 is 6.30. The van der Waals surface area contributed by atoms with Gasteiger partial charge in [0, 0.05) is 4.88 Å². The van der Waals surface area contributed by atoms with Crippen LogP contribution in [0.15, 0.2) is 21.5 Å². The van der Waals surface area contributed by atoms with Gasteiger partial charge in [-0.05, 0) is 66.0 Å². The van der Waals surface area contributed by atoms with Crippen LogP contribution in [-0.2, 0) is 12.8 Å². The van der Waals surface area contributed by atoms with E-state index in [0.717, 1.165) is 32.9 Å². The quantitative estimate of drug-likeness (QED) is 0.415. The topological polar surface area (TPSA) is 49.3 Å². The molecule has 0 atom stereocenters. The maximum atomic E-state index is 9.41. The standard InChI is InChI=1S/C15H13IN2OS/c16-14-7-6-10(19-14)9-18-15-12(8-17)11-4-2-1-3-5-13(11)20-15/h6-7,9H,1-5H2/b18-9+. The van der Waals surface area contributed by atoms with Crippen LogP contribution in [0.2, 0.25) is 0 Å².